The molecule has 1 fully saturated rings. The fraction of sp³-hybridized carbons (Fsp3) is 0.562. The Labute approximate surface area is 123 Å². The minimum atomic E-state index is -0.802. The van der Waals surface area contributed by atoms with E-state index < -0.39 is 11.6 Å². The topological polar surface area (TPSA) is 60.8 Å². The Morgan fingerprint density at radius 3 is 2.52 bits per heavy atom. The molecule has 1 aromatic carbocycles. The Morgan fingerprint density at radius 2 is 1.86 bits per heavy atom. The Balaban J connectivity index is 1.67. The quantitative estimate of drug-likeness (QED) is 0.899. The van der Waals surface area contributed by atoms with E-state index in [1.54, 1.807) is 11.0 Å². The fourth-order valence-corrected chi connectivity index (χ4v) is 3.46. The summed E-state index contributed by atoms with van der Waals surface area (Å²) < 4.78 is 13.9. The van der Waals surface area contributed by atoms with E-state index in [9.17, 15) is 14.3 Å². The molecule has 1 saturated carbocycles. The van der Waals surface area contributed by atoms with Gasteiger partial charge in [0, 0.05) is 19.7 Å². The van der Waals surface area contributed by atoms with Gasteiger partial charge in [-0.15, -0.1) is 0 Å². The van der Waals surface area contributed by atoms with Crippen molar-refractivity contribution >= 4 is 5.91 Å². The lowest BCUT2D eigenvalue weighted by Crippen LogP contribution is -2.32. The number of aliphatic hydroxyl groups excluding tert-OH is 1. The molecule has 1 aromatic rings. The second-order valence-corrected chi connectivity index (χ2v) is 6.19. The lowest BCUT2D eigenvalue weighted by Gasteiger charge is -2.30. The van der Waals surface area contributed by atoms with E-state index in [0.717, 1.165) is 25.7 Å². The summed E-state index contributed by atoms with van der Waals surface area (Å²) in [5, 5.41) is 18.5. The largest absolute Gasteiger partial charge is 0.505 e. The summed E-state index contributed by atoms with van der Waals surface area (Å²) in [6, 6.07) is 2.92. The van der Waals surface area contributed by atoms with E-state index >= 15 is 0 Å². The van der Waals surface area contributed by atoms with Crippen LogP contribution in [-0.4, -0.2) is 34.2 Å². The number of halogens is 1. The number of aromatic hydroxyl groups is 1. The molecule has 0 aromatic heterocycles. The fourth-order valence-electron chi connectivity index (χ4n) is 3.46. The van der Waals surface area contributed by atoms with E-state index in [1.165, 1.54) is 6.07 Å². The minimum Gasteiger partial charge on any atom is -0.505 e. The molecule has 0 radical (unpaired) electrons. The average Bonchev–Trinajstić information content (AvgIpc) is 2.81. The Kier molecular flexibility index (Phi) is 3.85. The Hall–Kier alpha value is -1.62. The molecule has 1 aliphatic heterocycles. The van der Waals surface area contributed by atoms with Crippen LogP contribution in [0.2, 0.25) is 0 Å². The number of phenolic OH excluding ortho intramolecular Hbond substituents is 1. The zero-order chi connectivity index (χ0) is 15.0. The molecule has 0 unspecified atom stereocenters. The zero-order valence-corrected chi connectivity index (χ0v) is 11.9. The first-order chi connectivity index (χ1) is 10.1. The van der Waals surface area contributed by atoms with Crippen LogP contribution >= 0.6 is 0 Å². The molecule has 114 valence electrons. The number of hydrogen-bond acceptors (Lipinski definition) is 3. The first kappa shape index (κ1) is 14.3. The van der Waals surface area contributed by atoms with Crippen molar-refractivity contribution in [1.29, 1.82) is 0 Å². The second kappa shape index (κ2) is 5.64. The third-order valence-electron chi connectivity index (χ3n) is 4.77. The van der Waals surface area contributed by atoms with Crippen molar-refractivity contribution in [3.63, 3.8) is 0 Å². The van der Waals surface area contributed by atoms with Gasteiger partial charge in [0.2, 0.25) is 0 Å². The standard InChI is InChI=1S/C16H20FNO3/c17-15-13(20)6-5-12-8-18(16(21)14(12)15)7-10-1-3-11(9-19)4-2-10/h5-6,10-11,19-20H,1-4,7-9H2/t10-,11-. The van der Waals surface area contributed by atoms with Crippen molar-refractivity contribution in [2.45, 2.75) is 32.2 Å². The highest BCUT2D eigenvalue weighted by molar-refractivity contribution is 5.99. The predicted octanol–water partition coefficient (Wildman–Crippen LogP) is 2.29. The Morgan fingerprint density at radius 1 is 1.19 bits per heavy atom. The van der Waals surface area contributed by atoms with Crippen LogP contribution in [0.4, 0.5) is 4.39 Å². The summed E-state index contributed by atoms with van der Waals surface area (Å²) in [6.45, 7) is 1.29. The van der Waals surface area contributed by atoms with Crippen LogP contribution < -0.4 is 0 Å². The van der Waals surface area contributed by atoms with Crippen molar-refractivity contribution < 1.29 is 19.4 Å². The van der Waals surface area contributed by atoms with E-state index in [1.807, 2.05) is 0 Å². The monoisotopic (exact) mass is 293 g/mol. The number of benzene rings is 1. The van der Waals surface area contributed by atoms with Gasteiger partial charge in [0.05, 0.1) is 5.56 Å². The summed E-state index contributed by atoms with van der Waals surface area (Å²) in [5.74, 6) is -0.774. The van der Waals surface area contributed by atoms with Crippen molar-refractivity contribution in [2.75, 3.05) is 13.2 Å². The van der Waals surface area contributed by atoms with Crippen LogP contribution in [0.15, 0.2) is 12.1 Å². The third kappa shape index (κ3) is 2.62. The maximum absolute atomic E-state index is 13.9. The summed E-state index contributed by atoms with van der Waals surface area (Å²) in [6.07, 6.45) is 3.98. The summed E-state index contributed by atoms with van der Waals surface area (Å²) in [4.78, 5) is 14.0. The molecule has 0 saturated heterocycles. The van der Waals surface area contributed by atoms with Gasteiger partial charge < -0.3 is 15.1 Å². The van der Waals surface area contributed by atoms with Gasteiger partial charge in [-0.25, -0.2) is 4.39 Å². The molecule has 0 bridgehead atoms. The maximum Gasteiger partial charge on any atom is 0.257 e. The highest BCUT2D eigenvalue weighted by Crippen LogP contribution is 2.33. The maximum atomic E-state index is 13.9. The first-order valence-corrected chi connectivity index (χ1v) is 7.50. The van der Waals surface area contributed by atoms with Gasteiger partial charge in [-0.3, -0.25) is 4.79 Å². The number of amides is 1. The van der Waals surface area contributed by atoms with Crippen molar-refractivity contribution in [3.05, 3.63) is 29.1 Å². The molecular formula is C16H20FNO3. The molecule has 2 N–H and O–H groups in total. The SMILES string of the molecule is O=C1c2c(ccc(O)c2F)CN1C[C@H]1CC[C@H](CO)CC1. The molecule has 4 nitrogen and oxygen atoms in total. The normalized spacial score (nSPS) is 25.2. The van der Waals surface area contributed by atoms with Crippen LogP contribution in [0.25, 0.3) is 0 Å². The van der Waals surface area contributed by atoms with Crippen LogP contribution in [-0.2, 0) is 6.54 Å². The average molecular weight is 293 g/mol. The second-order valence-electron chi connectivity index (χ2n) is 6.19. The molecule has 3 rings (SSSR count). The number of rotatable bonds is 3. The van der Waals surface area contributed by atoms with E-state index in [0.29, 0.717) is 30.5 Å². The van der Waals surface area contributed by atoms with Crippen LogP contribution in [0.3, 0.4) is 0 Å². The number of phenols is 1. The van der Waals surface area contributed by atoms with Gasteiger partial charge in [0.1, 0.15) is 0 Å². The summed E-state index contributed by atoms with van der Waals surface area (Å²) in [5.41, 5.74) is 0.679. The van der Waals surface area contributed by atoms with Gasteiger partial charge in [-0.05, 0) is 49.1 Å². The number of carbonyl (C=O) groups is 1. The van der Waals surface area contributed by atoms with Crippen LogP contribution in [0.5, 0.6) is 5.75 Å². The van der Waals surface area contributed by atoms with E-state index in [4.69, 9.17) is 5.11 Å². The van der Waals surface area contributed by atoms with Gasteiger partial charge in [-0.1, -0.05) is 6.07 Å². The third-order valence-corrected chi connectivity index (χ3v) is 4.77. The molecule has 5 heteroatoms. The lowest BCUT2D eigenvalue weighted by molar-refractivity contribution is 0.0714. The molecule has 1 aliphatic carbocycles. The lowest BCUT2D eigenvalue weighted by atomic mass is 9.82. The summed E-state index contributed by atoms with van der Waals surface area (Å²) >= 11 is 0. The molecular weight excluding hydrogens is 273 g/mol. The van der Waals surface area contributed by atoms with Crippen molar-refractivity contribution in [3.8, 4) is 5.75 Å². The van der Waals surface area contributed by atoms with E-state index in [-0.39, 0.29) is 18.1 Å². The number of fused-ring (bicyclic) bond motifs is 1. The number of carbonyl (C=O) groups excluding carboxylic acids is 1. The summed E-state index contributed by atoms with van der Waals surface area (Å²) in [7, 11) is 0. The smallest absolute Gasteiger partial charge is 0.257 e. The minimum absolute atomic E-state index is 0.0269. The van der Waals surface area contributed by atoms with Crippen LogP contribution in [0.1, 0.15) is 41.6 Å². The van der Waals surface area contributed by atoms with Gasteiger partial charge in [0.25, 0.3) is 5.91 Å². The van der Waals surface area contributed by atoms with Crippen molar-refractivity contribution in [2.24, 2.45) is 11.8 Å². The molecule has 0 atom stereocenters. The number of nitrogens with zero attached hydrogens (tertiary/aromatic N) is 1. The van der Waals surface area contributed by atoms with Gasteiger partial charge in [0.15, 0.2) is 11.6 Å². The van der Waals surface area contributed by atoms with Crippen LogP contribution in [0, 0.1) is 17.7 Å². The highest BCUT2D eigenvalue weighted by atomic mass is 19.1. The van der Waals surface area contributed by atoms with Gasteiger partial charge >= 0.3 is 0 Å². The Bertz CT molecular complexity index is 553. The first-order valence-electron chi connectivity index (χ1n) is 7.50. The van der Waals surface area contributed by atoms with Gasteiger partial charge in [-0.2, -0.15) is 0 Å². The van der Waals surface area contributed by atoms with E-state index in [2.05, 4.69) is 0 Å². The zero-order valence-electron chi connectivity index (χ0n) is 11.9. The highest BCUT2D eigenvalue weighted by Gasteiger charge is 2.33. The molecule has 1 amide bonds. The molecule has 0 spiro atoms. The number of hydrogen-bond donors (Lipinski definition) is 2. The van der Waals surface area contributed by atoms with Crippen molar-refractivity contribution in [1.82, 2.24) is 4.90 Å². The predicted molar refractivity (Wildman–Crippen MR) is 75.3 cm³/mol. The number of aliphatic hydroxyl groups is 1. The molecule has 2 aliphatic rings. The molecule has 21 heavy (non-hydrogen) atoms. The molecule has 1 heterocycles.